The van der Waals surface area contributed by atoms with Crippen LogP contribution in [0.5, 0.6) is 0 Å². The number of hydrogen-bond donors (Lipinski definition) is 1. The van der Waals surface area contributed by atoms with E-state index in [0.717, 1.165) is 0 Å². The standard InChI is InChI=1S/C4H10O.2ClH.Zr/c1-4(2,3)5;;;/h5H,1-3H3;2*1H;/q;;;+2/p-2. The zero-order chi connectivity index (χ0) is 7.21. The third-order valence-electron chi connectivity index (χ3n) is 0. The Hall–Kier alpha value is 1.42. The average Bonchev–Trinajstić information content (AvgIpc) is 1.27. The quantitative estimate of drug-likeness (QED) is 0.683. The van der Waals surface area contributed by atoms with Gasteiger partial charge in [-0.2, -0.15) is 0 Å². The van der Waals surface area contributed by atoms with Crippen molar-refractivity contribution < 1.29 is 26.0 Å². The molecule has 50 valence electrons. The summed E-state index contributed by atoms with van der Waals surface area (Å²) >= 11 is -0.826. The molecule has 0 aliphatic carbocycles. The molecule has 0 bridgehead atoms. The predicted molar refractivity (Wildman–Crippen MR) is 33.7 cm³/mol. The van der Waals surface area contributed by atoms with Crippen molar-refractivity contribution in [2.75, 3.05) is 0 Å². The fraction of sp³-hybridized carbons (Fsp3) is 1.00. The van der Waals surface area contributed by atoms with Gasteiger partial charge in [0.15, 0.2) is 0 Å². The molecule has 0 saturated carbocycles. The molecule has 0 rings (SSSR count). The second-order valence-corrected chi connectivity index (χ2v) is 5.97. The van der Waals surface area contributed by atoms with Gasteiger partial charge in [-0.25, -0.2) is 0 Å². The van der Waals surface area contributed by atoms with Crippen LogP contribution >= 0.6 is 17.0 Å². The van der Waals surface area contributed by atoms with Crippen LogP contribution in [-0.2, 0) is 20.8 Å². The Morgan fingerprint density at radius 2 is 1.25 bits per heavy atom. The van der Waals surface area contributed by atoms with Gasteiger partial charge in [-0.3, -0.25) is 0 Å². The third kappa shape index (κ3) is 151. The monoisotopic (exact) mass is 234 g/mol. The average molecular weight is 236 g/mol. The van der Waals surface area contributed by atoms with Crippen molar-refractivity contribution in [2.45, 2.75) is 26.4 Å². The molecule has 0 unspecified atom stereocenters. The van der Waals surface area contributed by atoms with Crippen LogP contribution in [0.25, 0.3) is 0 Å². The molecule has 0 fully saturated rings. The van der Waals surface area contributed by atoms with Crippen LogP contribution < -0.4 is 0 Å². The summed E-state index contributed by atoms with van der Waals surface area (Å²) in [6.45, 7) is 5.23. The molecule has 0 atom stereocenters. The van der Waals surface area contributed by atoms with Crippen molar-refractivity contribution in [3.05, 3.63) is 0 Å². The maximum absolute atomic E-state index is 8.52. The number of rotatable bonds is 0. The zero-order valence-corrected chi connectivity index (χ0v) is 9.17. The van der Waals surface area contributed by atoms with E-state index in [2.05, 4.69) is 0 Å². The molecule has 0 aromatic carbocycles. The second-order valence-electron chi connectivity index (χ2n) is 2.24. The van der Waals surface area contributed by atoms with Crippen molar-refractivity contribution in [3.8, 4) is 0 Å². The number of halogens is 2. The van der Waals surface area contributed by atoms with Gasteiger partial charge in [0, 0.05) is 0 Å². The van der Waals surface area contributed by atoms with Crippen LogP contribution in [0, 0.1) is 0 Å². The summed E-state index contributed by atoms with van der Waals surface area (Å²) in [6.07, 6.45) is 0. The van der Waals surface area contributed by atoms with Crippen molar-refractivity contribution >= 4 is 17.0 Å². The van der Waals surface area contributed by atoms with Gasteiger partial charge in [-0.1, -0.05) is 0 Å². The molecule has 1 nitrogen and oxygen atoms in total. The number of hydrogen-bond acceptors (Lipinski definition) is 1. The predicted octanol–water partition coefficient (Wildman–Crippen LogP) is 2.15. The first-order chi connectivity index (χ1) is 3.41. The topological polar surface area (TPSA) is 20.2 Å². The molecule has 4 heteroatoms. The first-order valence-corrected chi connectivity index (χ1v) is 8.43. The van der Waals surface area contributed by atoms with Gasteiger partial charge < -0.3 is 5.11 Å². The van der Waals surface area contributed by atoms with E-state index < -0.39 is 26.4 Å². The van der Waals surface area contributed by atoms with Crippen LogP contribution in [0.3, 0.4) is 0 Å². The SMILES string of the molecule is CC(C)(C)O.[Cl][Zr][Cl]. The van der Waals surface area contributed by atoms with Crippen LogP contribution in [0.1, 0.15) is 20.8 Å². The summed E-state index contributed by atoms with van der Waals surface area (Å²) in [7, 11) is 9.87. The summed E-state index contributed by atoms with van der Waals surface area (Å²) in [5, 5.41) is 8.52. The summed E-state index contributed by atoms with van der Waals surface area (Å²) in [4.78, 5) is 0. The second kappa shape index (κ2) is 6.54. The molecule has 0 spiro atoms. The molecule has 0 radical (unpaired) electrons. The Morgan fingerprint density at radius 3 is 1.25 bits per heavy atom. The van der Waals surface area contributed by atoms with Crippen LogP contribution in [-0.4, -0.2) is 10.7 Å². The molecular formula is C4H10Cl2OZr. The number of aliphatic hydroxyl groups is 1. The molecule has 8 heavy (non-hydrogen) atoms. The minimum absolute atomic E-state index is 0.500. The Labute approximate surface area is 69.0 Å². The van der Waals surface area contributed by atoms with Crippen molar-refractivity contribution in [1.29, 1.82) is 0 Å². The molecule has 0 aliphatic rings. The van der Waals surface area contributed by atoms with Gasteiger partial charge in [0.25, 0.3) is 0 Å². The normalized spacial score (nSPS) is 9.25. The Balaban J connectivity index is 0. The van der Waals surface area contributed by atoms with E-state index in [9.17, 15) is 0 Å². The summed E-state index contributed by atoms with van der Waals surface area (Å²) < 4.78 is 0. The van der Waals surface area contributed by atoms with Crippen molar-refractivity contribution in [2.24, 2.45) is 0 Å². The Bertz CT molecular complexity index is 37.8. The van der Waals surface area contributed by atoms with Gasteiger partial charge in [0.1, 0.15) is 0 Å². The first kappa shape index (κ1) is 12.1. The van der Waals surface area contributed by atoms with Gasteiger partial charge in [0.05, 0.1) is 5.60 Å². The van der Waals surface area contributed by atoms with E-state index in [0.29, 0.717) is 0 Å². The van der Waals surface area contributed by atoms with E-state index in [1.54, 1.807) is 20.8 Å². The molecule has 0 saturated heterocycles. The van der Waals surface area contributed by atoms with E-state index in [4.69, 9.17) is 22.1 Å². The third-order valence-corrected chi connectivity index (χ3v) is 0. The van der Waals surface area contributed by atoms with Crippen LogP contribution in [0.2, 0.25) is 0 Å². The van der Waals surface area contributed by atoms with Gasteiger partial charge in [-0.05, 0) is 20.8 Å². The fourth-order valence-corrected chi connectivity index (χ4v) is 0. The first-order valence-electron chi connectivity index (χ1n) is 2.10. The van der Waals surface area contributed by atoms with Gasteiger partial charge in [-0.15, -0.1) is 0 Å². The Morgan fingerprint density at radius 1 is 1.25 bits per heavy atom. The molecule has 0 aliphatic heterocycles. The van der Waals surface area contributed by atoms with E-state index >= 15 is 0 Å². The van der Waals surface area contributed by atoms with Crippen LogP contribution in [0.4, 0.5) is 0 Å². The maximum atomic E-state index is 8.52. The molecular weight excluding hydrogens is 226 g/mol. The van der Waals surface area contributed by atoms with Crippen molar-refractivity contribution in [3.63, 3.8) is 0 Å². The Kier molecular flexibility index (Phi) is 9.92. The van der Waals surface area contributed by atoms with E-state index in [1.807, 2.05) is 0 Å². The van der Waals surface area contributed by atoms with Gasteiger partial charge in [0.2, 0.25) is 0 Å². The van der Waals surface area contributed by atoms with Crippen molar-refractivity contribution in [1.82, 2.24) is 0 Å². The van der Waals surface area contributed by atoms with E-state index in [1.165, 1.54) is 0 Å². The molecule has 0 amide bonds. The summed E-state index contributed by atoms with van der Waals surface area (Å²) in [6, 6.07) is 0. The summed E-state index contributed by atoms with van der Waals surface area (Å²) in [5.74, 6) is 0. The zero-order valence-electron chi connectivity index (χ0n) is 5.20. The molecule has 0 heterocycles. The molecule has 1 N–H and O–H groups in total. The minimum atomic E-state index is -0.826. The van der Waals surface area contributed by atoms with E-state index in [-0.39, 0.29) is 0 Å². The molecule has 0 aromatic rings. The van der Waals surface area contributed by atoms with Crippen LogP contribution in [0.15, 0.2) is 0 Å². The van der Waals surface area contributed by atoms with Gasteiger partial charge >= 0.3 is 37.9 Å². The molecule has 0 aromatic heterocycles. The summed E-state index contributed by atoms with van der Waals surface area (Å²) in [5.41, 5.74) is -0.500. The fourth-order valence-electron chi connectivity index (χ4n) is 0.